The molecule has 154 valence electrons. The fourth-order valence-electron chi connectivity index (χ4n) is 3.65. The van der Waals surface area contributed by atoms with E-state index in [4.69, 9.17) is 0 Å². The van der Waals surface area contributed by atoms with Gasteiger partial charge in [-0.1, -0.05) is 12.1 Å². The minimum absolute atomic E-state index is 0.0423. The zero-order valence-corrected chi connectivity index (χ0v) is 17.7. The van der Waals surface area contributed by atoms with Gasteiger partial charge >= 0.3 is 0 Å². The van der Waals surface area contributed by atoms with Crippen molar-refractivity contribution in [2.24, 2.45) is 0 Å². The van der Waals surface area contributed by atoms with E-state index in [1.807, 2.05) is 25.1 Å². The van der Waals surface area contributed by atoms with E-state index in [0.29, 0.717) is 23.4 Å². The predicted molar refractivity (Wildman–Crippen MR) is 117 cm³/mol. The first kappa shape index (κ1) is 20.1. The number of sulfonamides is 1. The normalized spacial score (nSPS) is 13.3. The lowest BCUT2D eigenvalue weighted by Gasteiger charge is -2.14. The summed E-state index contributed by atoms with van der Waals surface area (Å²) in [6.45, 7) is 2.49. The molecule has 0 bridgehead atoms. The second kappa shape index (κ2) is 7.23. The Morgan fingerprint density at radius 2 is 1.73 bits per heavy atom. The molecule has 4 rings (SSSR count). The van der Waals surface area contributed by atoms with Gasteiger partial charge in [0.2, 0.25) is 10.0 Å². The Kier molecular flexibility index (Phi) is 4.83. The Morgan fingerprint density at radius 1 is 1.03 bits per heavy atom. The highest BCUT2D eigenvalue weighted by atomic mass is 32.2. The second-order valence-electron chi connectivity index (χ2n) is 7.18. The minimum atomic E-state index is -3.56. The van der Waals surface area contributed by atoms with Gasteiger partial charge in [-0.15, -0.1) is 0 Å². The largest absolute Gasteiger partial charge is 0.321 e. The highest BCUT2D eigenvalue weighted by Crippen LogP contribution is 2.40. The molecule has 1 aliphatic heterocycles. The number of nitrogens with one attached hydrogen (secondary N) is 1. The Bertz CT molecular complexity index is 1280. The number of anilines is 2. The van der Waals surface area contributed by atoms with Crippen molar-refractivity contribution in [3.05, 3.63) is 65.7 Å². The van der Waals surface area contributed by atoms with Gasteiger partial charge < -0.3 is 10.2 Å². The van der Waals surface area contributed by atoms with Gasteiger partial charge in [0, 0.05) is 48.2 Å². The lowest BCUT2D eigenvalue weighted by molar-refractivity contribution is 0.0992. The SMILES string of the molecule is CCN1C(=O)c2ccc(NC(=O)c3ccc(S(=O)(=O)N(C)C)cc3)c3cccc1c23. The van der Waals surface area contributed by atoms with Crippen molar-refractivity contribution in [1.82, 2.24) is 4.31 Å². The van der Waals surface area contributed by atoms with Crippen molar-refractivity contribution in [1.29, 1.82) is 0 Å². The second-order valence-corrected chi connectivity index (χ2v) is 9.33. The van der Waals surface area contributed by atoms with Crippen LogP contribution < -0.4 is 10.2 Å². The van der Waals surface area contributed by atoms with Gasteiger partial charge in [-0.3, -0.25) is 9.59 Å². The molecular weight excluding hydrogens is 402 g/mol. The number of amides is 2. The Morgan fingerprint density at radius 3 is 2.37 bits per heavy atom. The maximum absolute atomic E-state index is 12.8. The van der Waals surface area contributed by atoms with Gasteiger partial charge in [-0.25, -0.2) is 12.7 Å². The summed E-state index contributed by atoms with van der Waals surface area (Å²) in [7, 11) is -0.649. The number of carbonyl (C=O) groups is 2. The molecule has 1 aliphatic rings. The first-order valence-corrected chi connectivity index (χ1v) is 10.9. The molecule has 1 N–H and O–H groups in total. The van der Waals surface area contributed by atoms with Crippen LogP contribution in [0.25, 0.3) is 10.8 Å². The maximum Gasteiger partial charge on any atom is 0.258 e. The fourth-order valence-corrected chi connectivity index (χ4v) is 4.55. The standard InChI is InChI=1S/C22H21N3O4S/c1-4-25-19-7-5-6-16-18(13-12-17(20(16)19)22(25)27)23-21(26)14-8-10-15(11-9-14)30(28,29)24(2)3/h5-13H,4H2,1-3H3,(H,23,26). The molecule has 0 atom stereocenters. The first-order chi connectivity index (χ1) is 14.3. The van der Waals surface area contributed by atoms with Crippen LogP contribution in [0.4, 0.5) is 11.4 Å². The van der Waals surface area contributed by atoms with E-state index < -0.39 is 10.0 Å². The number of benzene rings is 3. The lowest BCUT2D eigenvalue weighted by Crippen LogP contribution is -2.25. The van der Waals surface area contributed by atoms with Gasteiger partial charge in [-0.2, -0.15) is 0 Å². The molecule has 3 aromatic rings. The molecule has 0 spiro atoms. The van der Waals surface area contributed by atoms with E-state index in [1.54, 1.807) is 17.0 Å². The Hall–Kier alpha value is -3.23. The van der Waals surface area contributed by atoms with Crippen LogP contribution in [0.2, 0.25) is 0 Å². The molecule has 0 unspecified atom stereocenters. The molecule has 0 radical (unpaired) electrons. The molecule has 8 heteroatoms. The molecular formula is C22H21N3O4S. The van der Waals surface area contributed by atoms with E-state index in [1.165, 1.54) is 38.4 Å². The first-order valence-electron chi connectivity index (χ1n) is 9.47. The fraction of sp³-hybridized carbons (Fsp3) is 0.182. The van der Waals surface area contributed by atoms with Crippen LogP contribution >= 0.6 is 0 Å². The van der Waals surface area contributed by atoms with E-state index in [-0.39, 0.29) is 16.7 Å². The van der Waals surface area contributed by atoms with Crippen molar-refractivity contribution >= 4 is 44.0 Å². The third kappa shape index (κ3) is 3.05. The van der Waals surface area contributed by atoms with E-state index in [9.17, 15) is 18.0 Å². The third-order valence-corrected chi connectivity index (χ3v) is 7.07. The van der Waals surface area contributed by atoms with Gasteiger partial charge in [-0.05, 0) is 49.4 Å². The summed E-state index contributed by atoms with van der Waals surface area (Å²) < 4.78 is 25.5. The summed E-state index contributed by atoms with van der Waals surface area (Å²) in [6, 6.07) is 14.9. The quantitative estimate of drug-likeness (QED) is 0.682. The molecule has 0 saturated heterocycles. The van der Waals surface area contributed by atoms with Crippen molar-refractivity contribution in [3.8, 4) is 0 Å². The van der Waals surface area contributed by atoms with E-state index >= 15 is 0 Å². The third-order valence-electron chi connectivity index (χ3n) is 5.24. The number of nitrogens with zero attached hydrogens (tertiary/aromatic N) is 2. The summed E-state index contributed by atoms with van der Waals surface area (Å²) >= 11 is 0. The highest BCUT2D eigenvalue weighted by molar-refractivity contribution is 7.89. The predicted octanol–water partition coefficient (Wildman–Crippen LogP) is 3.32. The lowest BCUT2D eigenvalue weighted by atomic mass is 10.0. The van der Waals surface area contributed by atoms with E-state index in [2.05, 4.69) is 5.32 Å². The summed E-state index contributed by atoms with van der Waals surface area (Å²) in [4.78, 5) is 27.2. The monoisotopic (exact) mass is 423 g/mol. The van der Waals surface area contributed by atoms with E-state index in [0.717, 1.165) is 20.8 Å². The molecule has 0 aromatic heterocycles. The van der Waals surface area contributed by atoms with Crippen LogP contribution in [0.5, 0.6) is 0 Å². The molecule has 1 heterocycles. The van der Waals surface area contributed by atoms with Crippen molar-refractivity contribution in [2.45, 2.75) is 11.8 Å². The topological polar surface area (TPSA) is 86.8 Å². The highest BCUT2D eigenvalue weighted by Gasteiger charge is 2.29. The molecule has 2 amide bonds. The number of rotatable bonds is 5. The molecule has 0 saturated carbocycles. The van der Waals surface area contributed by atoms with Crippen LogP contribution in [-0.2, 0) is 10.0 Å². The van der Waals surface area contributed by atoms with Crippen LogP contribution in [0, 0.1) is 0 Å². The van der Waals surface area contributed by atoms with Crippen molar-refractivity contribution < 1.29 is 18.0 Å². The maximum atomic E-state index is 12.8. The average molecular weight is 423 g/mol. The van der Waals surface area contributed by atoms with Crippen LogP contribution in [0.15, 0.2) is 59.5 Å². The molecule has 30 heavy (non-hydrogen) atoms. The van der Waals surface area contributed by atoms with Crippen LogP contribution in [0.1, 0.15) is 27.6 Å². The number of carbonyl (C=O) groups excluding carboxylic acids is 2. The number of hydrogen-bond donors (Lipinski definition) is 1. The average Bonchev–Trinajstić information content (AvgIpc) is 3.02. The van der Waals surface area contributed by atoms with Gasteiger partial charge in [0.05, 0.1) is 10.6 Å². The minimum Gasteiger partial charge on any atom is -0.321 e. The van der Waals surface area contributed by atoms with Gasteiger partial charge in [0.15, 0.2) is 0 Å². The summed E-state index contributed by atoms with van der Waals surface area (Å²) in [5.74, 6) is -0.402. The van der Waals surface area contributed by atoms with Gasteiger partial charge in [0.25, 0.3) is 11.8 Å². The van der Waals surface area contributed by atoms with Crippen molar-refractivity contribution in [2.75, 3.05) is 30.9 Å². The van der Waals surface area contributed by atoms with Crippen LogP contribution in [-0.4, -0.2) is 45.2 Å². The smallest absolute Gasteiger partial charge is 0.258 e. The number of hydrogen-bond acceptors (Lipinski definition) is 4. The summed E-state index contributed by atoms with van der Waals surface area (Å²) in [6.07, 6.45) is 0. The molecule has 7 nitrogen and oxygen atoms in total. The van der Waals surface area contributed by atoms with Crippen LogP contribution in [0.3, 0.4) is 0 Å². The Labute approximate surface area is 175 Å². The summed E-state index contributed by atoms with van der Waals surface area (Å²) in [5, 5.41) is 4.50. The van der Waals surface area contributed by atoms with Crippen molar-refractivity contribution in [3.63, 3.8) is 0 Å². The molecule has 0 aliphatic carbocycles. The zero-order valence-electron chi connectivity index (χ0n) is 16.8. The Balaban J connectivity index is 1.67. The van der Waals surface area contributed by atoms with Gasteiger partial charge in [0.1, 0.15) is 0 Å². The zero-order chi connectivity index (χ0) is 21.6. The summed E-state index contributed by atoms with van der Waals surface area (Å²) in [5.41, 5.74) is 2.39. The molecule has 0 fully saturated rings. The molecule has 3 aromatic carbocycles.